The van der Waals surface area contributed by atoms with Gasteiger partial charge in [0, 0.05) is 29.7 Å². The number of aliphatic hydroxyl groups is 2. The summed E-state index contributed by atoms with van der Waals surface area (Å²) in [6.07, 6.45) is 2.20. The first-order valence-electron chi connectivity index (χ1n) is 11.7. The van der Waals surface area contributed by atoms with Gasteiger partial charge >= 0.3 is 0 Å². The van der Waals surface area contributed by atoms with Gasteiger partial charge in [0.05, 0.1) is 13.2 Å². The van der Waals surface area contributed by atoms with Crippen LogP contribution in [0.3, 0.4) is 0 Å². The molecule has 0 amide bonds. The molecule has 3 aromatic rings. The number of fused-ring (bicyclic) bond motifs is 2. The summed E-state index contributed by atoms with van der Waals surface area (Å²) in [6, 6.07) is 12.6. The number of aromatic nitrogens is 1. The van der Waals surface area contributed by atoms with Crippen molar-refractivity contribution in [3.8, 4) is 11.5 Å². The molecule has 2 atom stereocenters. The van der Waals surface area contributed by atoms with Gasteiger partial charge in [-0.3, -0.25) is 4.90 Å². The fourth-order valence-corrected chi connectivity index (χ4v) is 4.40. The zero-order chi connectivity index (χ0) is 23.2. The van der Waals surface area contributed by atoms with Gasteiger partial charge in [0.15, 0.2) is 0 Å². The van der Waals surface area contributed by atoms with E-state index in [9.17, 15) is 14.6 Å². The molecule has 2 aromatic carbocycles. The van der Waals surface area contributed by atoms with Crippen molar-refractivity contribution < 1.29 is 24.1 Å². The van der Waals surface area contributed by atoms with E-state index in [1.165, 1.54) is 12.1 Å². The van der Waals surface area contributed by atoms with Crippen molar-refractivity contribution in [2.75, 3.05) is 26.8 Å². The van der Waals surface area contributed by atoms with E-state index in [0.29, 0.717) is 18.7 Å². The Morgan fingerprint density at radius 3 is 2.79 bits per heavy atom. The summed E-state index contributed by atoms with van der Waals surface area (Å²) in [5.41, 5.74) is 2.97. The molecule has 0 bridgehead atoms. The van der Waals surface area contributed by atoms with Gasteiger partial charge in [-0.05, 0) is 80.3 Å². The van der Waals surface area contributed by atoms with Crippen molar-refractivity contribution in [3.05, 3.63) is 59.5 Å². The summed E-state index contributed by atoms with van der Waals surface area (Å²) in [4.78, 5) is 5.77. The van der Waals surface area contributed by atoms with Crippen molar-refractivity contribution in [2.24, 2.45) is 0 Å². The zero-order valence-corrected chi connectivity index (χ0v) is 19.1. The highest BCUT2D eigenvalue weighted by molar-refractivity contribution is 5.81. The van der Waals surface area contributed by atoms with Crippen molar-refractivity contribution in [2.45, 2.75) is 50.9 Å². The Morgan fingerprint density at radius 1 is 1.06 bits per heavy atom. The molecule has 0 saturated heterocycles. The number of aliphatic hydroxyl groups excluding tert-OH is 2. The van der Waals surface area contributed by atoms with Crippen LogP contribution in [0.2, 0.25) is 0 Å². The average molecular weight is 457 g/mol. The number of hydrogen-bond acceptors (Lipinski definition) is 5. The van der Waals surface area contributed by atoms with E-state index in [1.807, 2.05) is 18.2 Å². The monoisotopic (exact) mass is 456 g/mol. The average Bonchev–Trinajstić information content (AvgIpc) is 3.22. The molecule has 2 heterocycles. The molecule has 33 heavy (non-hydrogen) atoms. The number of benzene rings is 2. The fourth-order valence-electron chi connectivity index (χ4n) is 4.40. The normalized spacial score (nSPS) is 21.2. The number of rotatable bonds is 3. The van der Waals surface area contributed by atoms with Crippen molar-refractivity contribution in [1.29, 1.82) is 0 Å². The molecule has 0 radical (unpaired) electrons. The van der Waals surface area contributed by atoms with Crippen LogP contribution in [-0.4, -0.2) is 59.1 Å². The third-order valence-electron chi connectivity index (χ3n) is 6.32. The van der Waals surface area contributed by atoms with E-state index >= 15 is 0 Å². The van der Waals surface area contributed by atoms with E-state index in [4.69, 9.17) is 9.47 Å². The molecule has 0 fully saturated rings. The Hall–Kier alpha value is -2.61. The van der Waals surface area contributed by atoms with Crippen molar-refractivity contribution in [1.82, 2.24) is 9.88 Å². The Balaban J connectivity index is 1.44. The maximum Gasteiger partial charge on any atom is 0.123 e. The maximum atomic E-state index is 13.7. The highest BCUT2D eigenvalue weighted by atomic mass is 19.1. The van der Waals surface area contributed by atoms with Crippen LogP contribution in [0.4, 0.5) is 4.39 Å². The molecule has 0 aliphatic carbocycles. The first kappa shape index (κ1) is 23.5. The molecule has 178 valence electrons. The largest absolute Gasteiger partial charge is 0.497 e. The Morgan fingerprint density at radius 2 is 1.94 bits per heavy atom. The van der Waals surface area contributed by atoms with Crippen LogP contribution in [0.1, 0.15) is 36.9 Å². The van der Waals surface area contributed by atoms with Crippen LogP contribution < -0.4 is 9.47 Å². The van der Waals surface area contributed by atoms with E-state index < -0.39 is 12.2 Å². The summed E-state index contributed by atoms with van der Waals surface area (Å²) in [5.74, 6) is 1.12. The third-order valence-corrected chi connectivity index (χ3v) is 6.32. The predicted octanol–water partition coefficient (Wildman–Crippen LogP) is 4.03. The van der Waals surface area contributed by atoms with Gasteiger partial charge in [0.25, 0.3) is 0 Å². The minimum Gasteiger partial charge on any atom is -0.497 e. The minimum absolute atomic E-state index is 0.0242. The second kappa shape index (κ2) is 11.0. The summed E-state index contributed by atoms with van der Waals surface area (Å²) in [6.45, 7) is 2.25. The van der Waals surface area contributed by atoms with Crippen LogP contribution in [0.5, 0.6) is 11.5 Å². The van der Waals surface area contributed by atoms with E-state index in [2.05, 4.69) is 16.0 Å². The number of halogens is 1. The summed E-state index contributed by atoms with van der Waals surface area (Å²) in [5, 5.41) is 22.0. The lowest BCUT2D eigenvalue weighted by molar-refractivity contribution is -0.0163. The van der Waals surface area contributed by atoms with Gasteiger partial charge in [0.1, 0.15) is 30.0 Å². The quantitative estimate of drug-likeness (QED) is 0.555. The predicted molar refractivity (Wildman–Crippen MR) is 126 cm³/mol. The van der Waals surface area contributed by atoms with E-state index in [1.54, 1.807) is 13.2 Å². The van der Waals surface area contributed by atoms with Gasteiger partial charge in [-0.25, -0.2) is 4.39 Å². The number of methoxy groups -OCH3 is 1. The standard InChI is InChI=1S/C26H33FN2O4/c1-32-22-7-8-23-19(15-22)14-21(28-23)16-29-11-4-2-3-5-18-13-20(27)6-9-26(18)33-17-25(31)24(30)10-12-29/h6-9,13-15,24-25,28,30-31H,2-5,10-12,16-17H2,1H3/t24-,25+/m0/s1. The third kappa shape index (κ3) is 6.25. The van der Waals surface area contributed by atoms with Gasteiger partial charge in [0.2, 0.25) is 0 Å². The number of nitrogens with one attached hydrogen (secondary N) is 1. The molecule has 1 aromatic heterocycles. The lowest BCUT2D eigenvalue weighted by atomic mass is 10.0. The Bertz CT molecular complexity index is 1050. The molecular weight excluding hydrogens is 423 g/mol. The Labute approximate surface area is 193 Å². The van der Waals surface area contributed by atoms with Crippen LogP contribution in [0.25, 0.3) is 10.9 Å². The molecule has 3 N–H and O–H groups in total. The maximum absolute atomic E-state index is 13.7. The number of hydrogen-bond donors (Lipinski definition) is 3. The molecule has 4 rings (SSSR count). The molecule has 0 unspecified atom stereocenters. The number of H-pyrrole nitrogens is 1. The zero-order valence-electron chi connectivity index (χ0n) is 19.1. The number of aromatic amines is 1. The SMILES string of the molecule is COc1ccc2[nH]c(CN3CCCCCc4cc(F)ccc4OC[C@@H](O)[C@@H](O)CC3)cc2c1. The molecule has 0 saturated carbocycles. The lowest BCUT2D eigenvalue weighted by Crippen LogP contribution is -2.36. The number of ether oxygens (including phenoxy) is 2. The topological polar surface area (TPSA) is 78.0 Å². The van der Waals surface area contributed by atoms with Gasteiger partial charge in [-0.15, -0.1) is 0 Å². The van der Waals surface area contributed by atoms with Gasteiger partial charge in [-0.1, -0.05) is 6.42 Å². The molecule has 1 aliphatic rings. The van der Waals surface area contributed by atoms with Crippen LogP contribution in [0.15, 0.2) is 42.5 Å². The Kier molecular flexibility index (Phi) is 7.85. The first-order valence-corrected chi connectivity index (χ1v) is 11.7. The molecular formula is C26H33FN2O4. The van der Waals surface area contributed by atoms with Crippen molar-refractivity contribution >= 4 is 10.9 Å². The number of nitrogens with zero attached hydrogens (tertiary/aromatic N) is 1. The van der Waals surface area contributed by atoms with Gasteiger partial charge < -0.3 is 24.7 Å². The highest BCUT2D eigenvalue weighted by Crippen LogP contribution is 2.24. The minimum atomic E-state index is -1.01. The van der Waals surface area contributed by atoms with Gasteiger partial charge in [-0.2, -0.15) is 0 Å². The highest BCUT2D eigenvalue weighted by Gasteiger charge is 2.20. The summed E-state index contributed by atoms with van der Waals surface area (Å²) < 4.78 is 24.8. The van der Waals surface area contributed by atoms with Crippen molar-refractivity contribution in [3.63, 3.8) is 0 Å². The summed E-state index contributed by atoms with van der Waals surface area (Å²) in [7, 11) is 1.66. The van der Waals surface area contributed by atoms with E-state index in [-0.39, 0.29) is 12.4 Å². The molecule has 7 heteroatoms. The second-order valence-electron chi connectivity index (χ2n) is 8.82. The lowest BCUT2D eigenvalue weighted by Gasteiger charge is -2.26. The van der Waals surface area contributed by atoms with E-state index in [0.717, 1.165) is 66.7 Å². The van der Waals surface area contributed by atoms with Crippen LogP contribution in [-0.2, 0) is 13.0 Å². The molecule has 0 spiro atoms. The number of aryl methyl sites for hydroxylation is 1. The second-order valence-corrected chi connectivity index (χ2v) is 8.82. The molecule has 6 nitrogen and oxygen atoms in total. The summed E-state index contributed by atoms with van der Waals surface area (Å²) >= 11 is 0. The van der Waals surface area contributed by atoms with Crippen LogP contribution in [0, 0.1) is 5.82 Å². The fraction of sp³-hybridized carbons (Fsp3) is 0.462. The smallest absolute Gasteiger partial charge is 0.123 e. The first-order chi connectivity index (χ1) is 16.0. The molecule has 1 aliphatic heterocycles. The van der Waals surface area contributed by atoms with Crippen LogP contribution >= 0.6 is 0 Å².